The van der Waals surface area contributed by atoms with Gasteiger partial charge in [0.05, 0.1) is 4.47 Å². The van der Waals surface area contributed by atoms with Gasteiger partial charge in [-0.2, -0.15) is 0 Å². The molecule has 7 heteroatoms. The van der Waals surface area contributed by atoms with Crippen molar-refractivity contribution in [3.63, 3.8) is 0 Å². The van der Waals surface area contributed by atoms with Crippen molar-refractivity contribution in [2.45, 2.75) is 31.7 Å². The summed E-state index contributed by atoms with van der Waals surface area (Å²) in [6, 6.07) is 2.13. The van der Waals surface area contributed by atoms with Gasteiger partial charge in [-0.05, 0) is 40.9 Å². The van der Waals surface area contributed by atoms with Gasteiger partial charge in [-0.15, -0.1) is 0 Å². The van der Waals surface area contributed by atoms with Crippen LogP contribution in [0, 0.1) is 11.7 Å². The summed E-state index contributed by atoms with van der Waals surface area (Å²) in [7, 11) is -3.92. The number of nitrogens with two attached hydrogens (primary N) is 1. The number of anilines is 1. The van der Waals surface area contributed by atoms with Crippen LogP contribution in [0.5, 0.6) is 0 Å². The summed E-state index contributed by atoms with van der Waals surface area (Å²) in [5.74, 6) is -0.736. The average molecular weight is 339 g/mol. The molecule has 1 unspecified atom stereocenters. The SMILES string of the molecule is CC(C)C(C)NS(=O)(=O)c1cc(N)cc(Br)c1F. The standard InChI is InChI=1S/C11H16BrFN2O2S/c1-6(2)7(3)15-18(16,17)10-5-8(14)4-9(12)11(10)13/h4-7,15H,14H2,1-3H3. The molecule has 0 saturated heterocycles. The predicted octanol–water partition coefficient (Wildman–Crippen LogP) is 2.49. The van der Waals surface area contributed by atoms with Crippen LogP contribution in [0.4, 0.5) is 10.1 Å². The topological polar surface area (TPSA) is 72.2 Å². The van der Waals surface area contributed by atoms with Crippen molar-refractivity contribution < 1.29 is 12.8 Å². The Morgan fingerprint density at radius 3 is 2.39 bits per heavy atom. The summed E-state index contributed by atoms with van der Waals surface area (Å²) in [6.07, 6.45) is 0. The van der Waals surface area contributed by atoms with Gasteiger partial charge in [0.2, 0.25) is 10.0 Å². The van der Waals surface area contributed by atoms with Gasteiger partial charge in [0, 0.05) is 11.7 Å². The van der Waals surface area contributed by atoms with Crippen LogP contribution in [-0.4, -0.2) is 14.5 Å². The van der Waals surface area contributed by atoms with E-state index >= 15 is 0 Å². The second-order valence-electron chi connectivity index (χ2n) is 4.47. The van der Waals surface area contributed by atoms with Crippen LogP contribution in [-0.2, 0) is 10.0 Å². The maximum atomic E-state index is 13.8. The highest BCUT2D eigenvalue weighted by atomic mass is 79.9. The molecule has 0 spiro atoms. The van der Waals surface area contributed by atoms with Gasteiger partial charge in [-0.3, -0.25) is 0 Å². The third-order valence-electron chi connectivity index (χ3n) is 2.65. The van der Waals surface area contributed by atoms with E-state index in [9.17, 15) is 12.8 Å². The zero-order chi connectivity index (χ0) is 14.1. The fraction of sp³-hybridized carbons (Fsp3) is 0.455. The van der Waals surface area contributed by atoms with Crippen molar-refractivity contribution in [2.24, 2.45) is 5.92 Å². The molecule has 0 aliphatic carbocycles. The number of hydrogen-bond acceptors (Lipinski definition) is 3. The normalized spacial score (nSPS) is 13.9. The second kappa shape index (κ2) is 5.54. The van der Waals surface area contributed by atoms with E-state index in [-0.39, 0.29) is 22.1 Å². The minimum Gasteiger partial charge on any atom is -0.399 e. The molecular weight excluding hydrogens is 323 g/mol. The molecule has 0 aliphatic rings. The number of nitrogens with one attached hydrogen (secondary N) is 1. The summed E-state index contributed by atoms with van der Waals surface area (Å²) in [4.78, 5) is -0.443. The van der Waals surface area contributed by atoms with Crippen LogP contribution in [0.3, 0.4) is 0 Å². The first-order chi connectivity index (χ1) is 8.15. The minimum absolute atomic E-state index is 0.0278. The Bertz CT molecular complexity index is 546. The van der Waals surface area contributed by atoms with Gasteiger partial charge in [-0.1, -0.05) is 13.8 Å². The Balaban J connectivity index is 3.21. The molecule has 18 heavy (non-hydrogen) atoms. The predicted molar refractivity (Wildman–Crippen MR) is 73.1 cm³/mol. The molecule has 3 N–H and O–H groups in total. The molecule has 0 bridgehead atoms. The molecule has 1 rings (SSSR count). The summed E-state index contributed by atoms with van der Waals surface area (Å²) in [5.41, 5.74) is 5.71. The van der Waals surface area contributed by atoms with Crippen molar-refractivity contribution in [2.75, 3.05) is 5.73 Å². The van der Waals surface area contributed by atoms with Crippen LogP contribution in [0.2, 0.25) is 0 Å². The summed E-state index contributed by atoms with van der Waals surface area (Å²) in [6.45, 7) is 5.47. The highest BCUT2D eigenvalue weighted by Crippen LogP contribution is 2.26. The third kappa shape index (κ3) is 3.43. The van der Waals surface area contributed by atoms with Crippen molar-refractivity contribution in [1.82, 2.24) is 4.72 Å². The number of sulfonamides is 1. The van der Waals surface area contributed by atoms with Crippen molar-refractivity contribution >= 4 is 31.6 Å². The molecule has 1 atom stereocenters. The number of nitrogen functional groups attached to an aromatic ring is 1. The number of hydrogen-bond donors (Lipinski definition) is 2. The fourth-order valence-electron chi connectivity index (χ4n) is 1.22. The Morgan fingerprint density at radius 1 is 1.33 bits per heavy atom. The van der Waals surface area contributed by atoms with Crippen LogP contribution < -0.4 is 10.5 Å². The quantitative estimate of drug-likeness (QED) is 0.828. The van der Waals surface area contributed by atoms with Crippen LogP contribution in [0.25, 0.3) is 0 Å². The first-order valence-corrected chi connectivity index (χ1v) is 7.69. The zero-order valence-corrected chi connectivity index (χ0v) is 12.8. The zero-order valence-electron chi connectivity index (χ0n) is 10.4. The number of benzene rings is 1. The van der Waals surface area contributed by atoms with Crippen LogP contribution in [0.1, 0.15) is 20.8 Å². The Hall–Kier alpha value is -0.660. The monoisotopic (exact) mass is 338 g/mol. The van der Waals surface area contributed by atoms with Crippen molar-refractivity contribution in [1.29, 1.82) is 0 Å². The van der Waals surface area contributed by atoms with E-state index in [1.165, 1.54) is 6.07 Å². The van der Waals surface area contributed by atoms with E-state index in [1.807, 2.05) is 13.8 Å². The lowest BCUT2D eigenvalue weighted by molar-refractivity contribution is 0.473. The molecule has 1 aromatic carbocycles. The lowest BCUT2D eigenvalue weighted by Gasteiger charge is -2.18. The highest BCUT2D eigenvalue weighted by Gasteiger charge is 2.24. The van der Waals surface area contributed by atoms with Gasteiger partial charge in [0.15, 0.2) is 5.82 Å². The molecule has 0 aliphatic heterocycles. The molecule has 0 heterocycles. The fourth-order valence-corrected chi connectivity index (χ4v) is 3.36. The van der Waals surface area contributed by atoms with E-state index in [1.54, 1.807) is 6.92 Å². The molecule has 0 fully saturated rings. The second-order valence-corrected chi connectivity index (χ2v) is 7.01. The number of halogens is 2. The van der Waals surface area contributed by atoms with Gasteiger partial charge < -0.3 is 5.73 Å². The highest BCUT2D eigenvalue weighted by molar-refractivity contribution is 9.10. The Morgan fingerprint density at radius 2 is 1.89 bits per heavy atom. The molecule has 0 saturated carbocycles. The molecule has 0 aromatic heterocycles. The first-order valence-electron chi connectivity index (χ1n) is 5.42. The van der Waals surface area contributed by atoms with Crippen molar-refractivity contribution in [3.05, 3.63) is 22.4 Å². The maximum absolute atomic E-state index is 13.8. The lowest BCUT2D eigenvalue weighted by Crippen LogP contribution is -2.36. The largest absolute Gasteiger partial charge is 0.399 e. The smallest absolute Gasteiger partial charge is 0.243 e. The maximum Gasteiger partial charge on any atom is 0.243 e. The van der Waals surface area contributed by atoms with Gasteiger partial charge in [0.1, 0.15) is 4.90 Å². The van der Waals surface area contributed by atoms with Gasteiger partial charge in [-0.25, -0.2) is 17.5 Å². The molecule has 0 radical (unpaired) electrons. The molecule has 0 amide bonds. The van der Waals surface area contributed by atoms with E-state index in [2.05, 4.69) is 20.7 Å². The van der Waals surface area contributed by atoms with E-state index in [0.717, 1.165) is 6.07 Å². The van der Waals surface area contributed by atoms with Crippen molar-refractivity contribution in [3.8, 4) is 0 Å². The molecular formula is C11H16BrFN2O2S. The Labute approximate surface area is 115 Å². The van der Waals surface area contributed by atoms with Gasteiger partial charge in [0.25, 0.3) is 0 Å². The lowest BCUT2D eigenvalue weighted by atomic mass is 10.1. The van der Waals surface area contributed by atoms with E-state index < -0.39 is 20.7 Å². The molecule has 4 nitrogen and oxygen atoms in total. The summed E-state index contributed by atoms with van der Waals surface area (Å²) < 4.78 is 40.3. The molecule has 102 valence electrons. The average Bonchev–Trinajstić information content (AvgIpc) is 2.22. The summed E-state index contributed by atoms with van der Waals surface area (Å²) >= 11 is 2.94. The van der Waals surface area contributed by atoms with Crippen LogP contribution >= 0.6 is 15.9 Å². The van der Waals surface area contributed by atoms with E-state index in [0.29, 0.717) is 0 Å². The van der Waals surface area contributed by atoms with Gasteiger partial charge >= 0.3 is 0 Å². The molecule has 1 aromatic rings. The minimum atomic E-state index is -3.92. The third-order valence-corrected chi connectivity index (χ3v) is 4.78. The van der Waals surface area contributed by atoms with Crippen LogP contribution in [0.15, 0.2) is 21.5 Å². The van der Waals surface area contributed by atoms with E-state index in [4.69, 9.17) is 5.73 Å². The Kier molecular flexibility index (Phi) is 4.74. The first kappa shape index (κ1) is 15.4. The summed E-state index contributed by atoms with van der Waals surface area (Å²) in [5, 5.41) is 0. The number of rotatable bonds is 4.